The molecule has 0 saturated heterocycles. The highest BCUT2D eigenvalue weighted by Gasteiger charge is 2.16. The third kappa shape index (κ3) is 7.33. The minimum absolute atomic E-state index is 0.363. The Hall–Kier alpha value is -3.55. The van der Waals surface area contributed by atoms with E-state index in [0.29, 0.717) is 29.4 Å². The summed E-state index contributed by atoms with van der Waals surface area (Å²) >= 11 is 0. The van der Waals surface area contributed by atoms with Crippen LogP contribution >= 0.6 is 0 Å². The average molecular weight is 428 g/mol. The highest BCUT2D eigenvalue weighted by molar-refractivity contribution is 5.97. The van der Waals surface area contributed by atoms with Crippen LogP contribution in [0.1, 0.15) is 42.6 Å². The number of hydrazone groups is 1. The zero-order chi connectivity index (χ0) is 22.6. The Morgan fingerprint density at radius 1 is 1.06 bits per heavy atom. The van der Waals surface area contributed by atoms with Crippen LogP contribution in [0.25, 0.3) is 0 Å². The number of hydrogen-bond donors (Lipinski definition) is 2. The van der Waals surface area contributed by atoms with Gasteiger partial charge in [-0.2, -0.15) is 5.10 Å². The molecule has 0 spiro atoms. The zero-order valence-corrected chi connectivity index (χ0v) is 18.3. The van der Waals surface area contributed by atoms with Gasteiger partial charge in [-0.1, -0.05) is 13.3 Å². The molecule has 0 aliphatic heterocycles. The van der Waals surface area contributed by atoms with Crippen molar-refractivity contribution in [2.45, 2.75) is 32.7 Å². The molecule has 0 heterocycles. The van der Waals surface area contributed by atoms with Crippen molar-refractivity contribution < 1.29 is 23.8 Å². The van der Waals surface area contributed by atoms with Crippen molar-refractivity contribution in [2.75, 3.05) is 20.8 Å². The molecule has 2 amide bonds. The lowest BCUT2D eigenvalue weighted by Crippen LogP contribution is -2.43. The molecule has 2 N–H and O–H groups in total. The fourth-order valence-corrected chi connectivity index (χ4v) is 2.57. The van der Waals surface area contributed by atoms with Crippen LogP contribution in [0.2, 0.25) is 0 Å². The number of nitrogens with zero attached hydrogens (tertiary/aromatic N) is 1. The monoisotopic (exact) mass is 427 g/mol. The summed E-state index contributed by atoms with van der Waals surface area (Å²) in [6.45, 7) is 4.30. The quantitative estimate of drug-likeness (QED) is 0.326. The number of hydrogen-bond acceptors (Lipinski definition) is 6. The number of rotatable bonds is 11. The largest absolute Gasteiger partial charge is 0.497 e. The summed E-state index contributed by atoms with van der Waals surface area (Å²) in [7, 11) is 3.12. The summed E-state index contributed by atoms with van der Waals surface area (Å²) in [5, 5.41) is 6.59. The number of ether oxygens (including phenoxy) is 3. The second-order valence-corrected chi connectivity index (χ2v) is 6.77. The van der Waals surface area contributed by atoms with Gasteiger partial charge in [0.1, 0.15) is 11.8 Å². The predicted molar refractivity (Wildman–Crippen MR) is 119 cm³/mol. The molecular formula is C23H29N3O5. The summed E-state index contributed by atoms with van der Waals surface area (Å²) in [6, 6.07) is 11.2. The van der Waals surface area contributed by atoms with Gasteiger partial charge >= 0.3 is 0 Å². The van der Waals surface area contributed by atoms with Crippen LogP contribution in [0.5, 0.6) is 17.2 Å². The number of benzene rings is 2. The van der Waals surface area contributed by atoms with Crippen molar-refractivity contribution in [3.8, 4) is 17.2 Å². The Morgan fingerprint density at radius 3 is 2.45 bits per heavy atom. The molecule has 2 rings (SSSR count). The summed E-state index contributed by atoms with van der Waals surface area (Å²) in [4.78, 5) is 24.5. The summed E-state index contributed by atoms with van der Waals surface area (Å²) < 4.78 is 16.1. The van der Waals surface area contributed by atoms with Crippen LogP contribution in [-0.2, 0) is 4.79 Å². The molecule has 1 unspecified atom stereocenters. The Balaban J connectivity index is 1.89. The van der Waals surface area contributed by atoms with Gasteiger partial charge in [0.05, 0.1) is 27.0 Å². The van der Waals surface area contributed by atoms with Crippen molar-refractivity contribution in [3.05, 3.63) is 53.6 Å². The molecule has 8 heteroatoms. The summed E-state index contributed by atoms with van der Waals surface area (Å²) in [5.41, 5.74) is 3.58. The predicted octanol–water partition coefficient (Wildman–Crippen LogP) is 3.15. The Labute approximate surface area is 182 Å². The van der Waals surface area contributed by atoms with E-state index in [1.807, 2.05) is 6.07 Å². The maximum atomic E-state index is 12.3. The van der Waals surface area contributed by atoms with Crippen molar-refractivity contribution in [3.63, 3.8) is 0 Å². The Morgan fingerprint density at radius 2 is 1.81 bits per heavy atom. The van der Waals surface area contributed by atoms with Crippen molar-refractivity contribution in [1.82, 2.24) is 10.7 Å². The number of carbonyl (C=O) groups is 2. The molecule has 0 saturated carbocycles. The fourth-order valence-electron chi connectivity index (χ4n) is 2.57. The minimum atomic E-state index is -0.768. The van der Waals surface area contributed by atoms with Gasteiger partial charge in [-0.15, -0.1) is 0 Å². The Bertz CT molecular complexity index is 897. The minimum Gasteiger partial charge on any atom is -0.497 e. The molecule has 0 aromatic heterocycles. The van der Waals surface area contributed by atoms with E-state index in [9.17, 15) is 9.59 Å². The first-order valence-electron chi connectivity index (χ1n) is 10.1. The summed E-state index contributed by atoms with van der Waals surface area (Å²) in [6.07, 6.45) is 3.51. The van der Waals surface area contributed by atoms with E-state index >= 15 is 0 Å². The van der Waals surface area contributed by atoms with Crippen LogP contribution in [0.3, 0.4) is 0 Å². The first kappa shape index (κ1) is 23.7. The van der Waals surface area contributed by atoms with Gasteiger partial charge in [0.15, 0.2) is 11.5 Å². The van der Waals surface area contributed by atoms with Crippen molar-refractivity contribution in [1.29, 1.82) is 0 Å². The molecule has 2 aromatic rings. The fraction of sp³-hybridized carbons (Fsp3) is 0.348. The third-order valence-corrected chi connectivity index (χ3v) is 4.42. The lowest BCUT2D eigenvalue weighted by molar-refractivity contribution is -0.122. The molecule has 0 bridgehead atoms. The summed E-state index contributed by atoms with van der Waals surface area (Å²) in [5.74, 6) is 1.09. The SMILES string of the molecule is CCCCOc1ccc(C=NNC(=O)C(C)NC(=O)c2ccc(OC)cc2)cc1OC. The average Bonchev–Trinajstić information content (AvgIpc) is 2.79. The molecule has 1 atom stereocenters. The topological polar surface area (TPSA) is 98.2 Å². The van der Waals surface area contributed by atoms with Crippen molar-refractivity contribution >= 4 is 18.0 Å². The molecule has 0 aliphatic carbocycles. The highest BCUT2D eigenvalue weighted by Crippen LogP contribution is 2.27. The normalized spacial score (nSPS) is 11.6. The molecule has 0 radical (unpaired) electrons. The zero-order valence-electron chi connectivity index (χ0n) is 18.3. The van der Waals surface area contributed by atoms with Crippen LogP contribution in [0.4, 0.5) is 0 Å². The van der Waals surface area contributed by atoms with E-state index in [1.54, 1.807) is 57.5 Å². The lowest BCUT2D eigenvalue weighted by atomic mass is 10.2. The number of methoxy groups -OCH3 is 2. The van der Waals surface area contributed by atoms with Gasteiger partial charge in [-0.25, -0.2) is 5.43 Å². The third-order valence-electron chi connectivity index (χ3n) is 4.42. The highest BCUT2D eigenvalue weighted by atomic mass is 16.5. The van der Waals surface area contributed by atoms with Crippen LogP contribution in [0.15, 0.2) is 47.6 Å². The van der Waals surface area contributed by atoms with E-state index in [1.165, 1.54) is 6.21 Å². The van der Waals surface area contributed by atoms with Gasteiger partial charge < -0.3 is 19.5 Å². The van der Waals surface area contributed by atoms with E-state index < -0.39 is 11.9 Å². The van der Waals surface area contributed by atoms with Crippen molar-refractivity contribution in [2.24, 2.45) is 5.10 Å². The molecule has 0 fully saturated rings. The first-order valence-corrected chi connectivity index (χ1v) is 10.1. The lowest BCUT2D eigenvalue weighted by Gasteiger charge is -2.12. The van der Waals surface area contributed by atoms with Gasteiger partial charge in [-0.05, 0) is 61.4 Å². The standard InChI is InChI=1S/C23H29N3O5/c1-5-6-13-31-20-12-7-17(14-21(20)30-4)15-24-26-22(27)16(2)25-23(28)18-8-10-19(29-3)11-9-18/h7-12,14-16H,5-6,13H2,1-4H3,(H,25,28)(H,26,27). The van der Waals surface area contributed by atoms with E-state index in [-0.39, 0.29) is 5.91 Å². The number of amides is 2. The molecular weight excluding hydrogens is 398 g/mol. The second kappa shape index (κ2) is 12.2. The van der Waals surface area contributed by atoms with Gasteiger partial charge in [0.25, 0.3) is 11.8 Å². The second-order valence-electron chi connectivity index (χ2n) is 6.77. The Kier molecular flexibility index (Phi) is 9.35. The number of carbonyl (C=O) groups excluding carboxylic acids is 2. The van der Waals surface area contributed by atoms with Crippen LogP contribution < -0.4 is 25.0 Å². The molecule has 31 heavy (non-hydrogen) atoms. The van der Waals surface area contributed by atoms with Gasteiger partial charge in [-0.3, -0.25) is 9.59 Å². The maximum Gasteiger partial charge on any atom is 0.262 e. The number of nitrogens with one attached hydrogen (secondary N) is 2. The number of unbranched alkanes of at least 4 members (excludes halogenated alkanes) is 1. The maximum absolute atomic E-state index is 12.3. The van der Waals surface area contributed by atoms with Crippen LogP contribution in [-0.4, -0.2) is 44.9 Å². The van der Waals surface area contributed by atoms with E-state index in [4.69, 9.17) is 14.2 Å². The molecule has 0 aliphatic rings. The van der Waals surface area contributed by atoms with Crippen LogP contribution in [0, 0.1) is 0 Å². The first-order chi connectivity index (χ1) is 15.0. The van der Waals surface area contributed by atoms with E-state index in [0.717, 1.165) is 18.4 Å². The molecule has 8 nitrogen and oxygen atoms in total. The van der Waals surface area contributed by atoms with Gasteiger partial charge in [0.2, 0.25) is 0 Å². The smallest absolute Gasteiger partial charge is 0.262 e. The molecule has 2 aromatic carbocycles. The van der Waals surface area contributed by atoms with E-state index in [2.05, 4.69) is 22.8 Å². The van der Waals surface area contributed by atoms with Gasteiger partial charge in [0, 0.05) is 5.56 Å². The molecule has 166 valence electrons.